The lowest BCUT2D eigenvalue weighted by Crippen LogP contribution is -2.51. The van der Waals surface area contributed by atoms with Gasteiger partial charge < -0.3 is 14.5 Å². The maximum absolute atomic E-state index is 14.0. The second kappa shape index (κ2) is 8.45. The Kier molecular flexibility index (Phi) is 5.60. The summed E-state index contributed by atoms with van der Waals surface area (Å²) in [5, 5.41) is 0. The van der Waals surface area contributed by atoms with Gasteiger partial charge in [0.05, 0.1) is 18.5 Å². The van der Waals surface area contributed by atoms with Gasteiger partial charge in [0.2, 0.25) is 5.91 Å². The molecule has 3 aliphatic heterocycles. The van der Waals surface area contributed by atoms with E-state index >= 15 is 0 Å². The molecule has 3 aliphatic rings. The summed E-state index contributed by atoms with van der Waals surface area (Å²) in [6.07, 6.45) is 2.41. The number of hydrogen-bond donors (Lipinski definition) is 0. The molecule has 33 heavy (non-hydrogen) atoms. The minimum absolute atomic E-state index is 0.131. The van der Waals surface area contributed by atoms with E-state index in [1.54, 1.807) is 17.0 Å². The number of rotatable bonds is 4. The molecular formula is C26H30FN3O3. The topological polar surface area (TPSA) is 53.1 Å². The molecule has 3 heterocycles. The first-order chi connectivity index (χ1) is 15.9. The average molecular weight is 452 g/mol. The maximum atomic E-state index is 14.0. The van der Waals surface area contributed by atoms with Gasteiger partial charge in [-0.15, -0.1) is 0 Å². The third kappa shape index (κ3) is 4.22. The van der Waals surface area contributed by atoms with Gasteiger partial charge in [-0.1, -0.05) is 30.3 Å². The van der Waals surface area contributed by atoms with Crippen molar-refractivity contribution in [3.63, 3.8) is 0 Å². The zero-order valence-electron chi connectivity index (χ0n) is 19.0. The van der Waals surface area contributed by atoms with Gasteiger partial charge in [0.25, 0.3) is 0 Å². The summed E-state index contributed by atoms with van der Waals surface area (Å²) in [6.45, 7) is 3.15. The van der Waals surface area contributed by atoms with Gasteiger partial charge in [0.15, 0.2) is 5.60 Å². The predicted octanol–water partition coefficient (Wildman–Crippen LogP) is 3.71. The maximum Gasteiger partial charge on any atom is 0.415 e. The van der Waals surface area contributed by atoms with Crippen molar-refractivity contribution in [1.29, 1.82) is 0 Å². The Morgan fingerprint density at radius 3 is 2.36 bits per heavy atom. The summed E-state index contributed by atoms with van der Waals surface area (Å²) < 4.78 is 19.3. The second-order valence-corrected chi connectivity index (χ2v) is 9.84. The molecule has 174 valence electrons. The largest absolute Gasteiger partial charge is 0.439 e. The highest BCUT2D eigenvalue weighted by molar-refractivity contribution is 5.91. The standard InChI is InChI=1S/C26H30FN3O3/c1-28-14-11-25(12-15-28,17-20-7-9-21(27)10-8-20)23(31)29-16-13-26(18-29)19-30(24(32)33-26)22-5-3-2-4-6-22/h2-10H,11-19H2,1H3. The lowest BCUT2D eigenvalue weighted by Gasteiger charge is -2.42. The van der Waals surface area contributed by atoms with E-state index in [0.717, 1.165) is 37.2 Å². The van der Waals surface area contributed by atoms with Crippen LogP contribution >= 0.6 is 0 Å². The molecular weight excluding hydrogens is 421 g/mol. The van der Waals surface area contributed by atoms with Gasteiger partial charge in [-0.25, -0.2) is 9.18 Å². The number of nitrogens with zero attached hydrogens (tertiary/aromatic N) is 3. The Morgan fingerprint density at radius 2 is 1.67 bits per heavy atom. The molecule has 0 bridgehead atoms. The summed E-state index contributed by atoms with van der Waals surface area (Å²) in [6, 6.07) is 16.0. The fraction of sp³-hybridized carbons (Fsp3) is 0.462. The minimum Gasteiger partial charge on any atom is -0.439 e. The second-order valence-electron chi connectivity index (χ2n) is 9.84. The van der Waals surface area contributed by atoms with Crippen LogP contribution in [0.2, 0.25) is 0 Å². The Labute approximate surface area is 193 Å². The number of anilines is 1. The number of halogens is 1. The van der Waals surface area contributed by atoms with E-state index in [0.29, 0.717) is 32.5 Å². The number of carbonyl (C=O) groups excluding carboxylic acids is 2. The molecule has 0 radical (unpaired) electrons. The van der Waals surface area contributed by atoms with Crippen LogP contribution in [0.4, 0.5) is 14.9 Å². The first kappa shape index (κ1) is 21.9. The number of piperidine rings is 1. The van der Waals surface area contributed by atoms with Crippen LogP contribution in [0.5, 0.6) is 0 Å². The van der Waals surface area contributed by atoms with Crippen molar-refractivity contribution < 1.29 is 18.7 Å². The van der Waals surface area contributed by atoms with Gasteiger partial charge in [0.1, 0.15) is 5.82 Å². The molecule has 0 aromatic heterocycles. The first-order valence-electron chi connectivity index (χ1n) is 11.7. The summed E-state index contributed by atoms with van der Waals surface area (Å²) >= 11 is 0. The molecule has 1 atom stereocenters. The third-order valence-electron chi connectivity index (χ3n) is 7.50. The molecule has 3 fully saturated rings. The van der Waals surface area contributed by atoms with E-state index in [2.05, 4.69) is 11.9 Å². The predicted molar refractivity (Wildman–Crippen MR) is 123 cm³/mol. The monoisotopic (exact) mass is 451 g/mol. The molecule has 3 saturated heterocycles. The minimum atomic E-state index is -0.662. The van der Waals surface area contributed by atoms with E-state index in [9.17, 15) is 14.0 Å². The van der Waals surface area contributed by atoms with Crippen LogP contribution in [0, 0.1) is 11.2 Å². The molecule has 6 nitrogen and oxygen atoms in total. The fourth-order valence-electron chi connectivity index (χ4n) is 5.50. The van der Waals surface area contributed by atoms with Crippen molar-refractivity contribution in [3.05, 3.63) is 66.0 Å². The van der Waals surface area contributed by atoms with Crippen molar-refractivity contribution in [2.45, 2.75) is 31.3 Å². The number of amides is 2. The van der Waals surface area contributed by atoms with Crippen LogP contribution in [0.15, 0.2) is 54.6 Å². The molecule has 2 amide bonds. The van der Waals surface area contributed by atoms with Gasteiger partial charge in [-0.05, 0) is 69.2 Å². The lowest BCUT2D eigenvalue weighted by molar-refractivity contribution is -0.144. The fourth-order valence-corrected chi connectivity index (χ4v) is 5.50. The van der Waals surface area contributed by atoms with Gasteiger partial charge in [-0.2, -0.15) is 0 Å². The van der Waals surface area contributed by atoms with Crippen LogP contribution in [0.1, 0.15) is 24.8 Å². The molecule has 1 spiro atoms. The molecule has 0 aliphatic carbocycles. The summed E-state index contributed by atoms with van der Waals surface area (Å²) in [5.41, 5.74) is 0.612. The summed E-state index contributed by atoms with van der Waals surface area (Å²) in [7, 11) is 2.08. The Bertz CT molecular complexity index is 1020. The Morgan fingerprint density at radius 1 is 0.970 bits per heavy atom. The summed E-state index contributed by atoms with van der Waals surface area (Å²) in [4.78, 5) is 32.4. The zero-order valence-corrected chi connectivity index (χ0v) is 19.0. The first-order valence-corrected chi connectivity index (χ1v) is 11.7. The normalized spacial score (nSPS) is 25.0. The lowest BCUT2D eigenvalue weighted by atomic mass is 9.72. The van der Waals surface area contributed by atoms with E-state index in [1.807, 2.05) is 35.2 Å². The zero-order chi connectivity index (χ0) is 23.1. The number of para-hydroxylation sites is 1. The average Bonchev–Trinajstić information content (AvgIpc) is 3.39. The third-order valence-corrected chi connectivity index (χ3v) is 7.50. The number of benzene rings is 2. The number of hydrogen-bond acceptors (Lipinski definition) is 4. The van der Waals surface area contributed by atoms with E-state index in [1.165, 1.54) is 12.1 Å². The van der Waals surface area contributed by atoms with Gasteiger partial charge in [-0.3, -0.25) is 9.69 Å². The Balaban J connectivity index is 1.34. The molecule has 2 aromatic carbocycles. The van der Waals surface area contributed by atoms with Crippen LogP contribution in [-0.4, -0.2) is 67.2 Å². The molecule has 1 unspecified atom stereocenters. The highest BCUT2D eigenvalue weighted by atomic mass is 19.1. The number of likely N-dealkylation sites (tertiary alicyclic amines) is 2. The molecule has 0 N–H and O–H groups in total. The highest BCUT2D eigenvalue weighted by Gasteiger charge is 2.53. The van der Waals surface area contributed by atoms with E-state index in [-0.39, 0.29) is 17.8 Å². The van der Waals surface area contributed by atoms with Gasteiger partial charge >= 0.3 is 6.09 Å². The van der Waals surface area contributed by atoms with Crippen molar-refractivity contribution in [2.24, 2.45) is 5.41 Å². The molecule has 2 aromatic rings. The van der Waals surface area contributed by atoms with Crippen molar-refractivity contribution in [1.82, 2.24) is 9.80 Å². The Hall–Kier alpha value is -2.93. The molecule has 5 rings (SSSR count). The molecule has 7 heteroatoms. The number of ether oxygens (including phenoxy) is 1. The van der Waals surface area contributed by atoms with Crippen molar-refractivity contribution >= 4 is 17.7 Å². The molecule has 0 saturated carbocycles. The van der Waals surface area contributed by atoms with Crippen molar-refractivity contribution in [3.8, 4) is 0 Å². The quantitative estimate of drug-likeness (QED) is 0.711. The van der Waals surface area contributed by atoms with Crippen LogP contribution in [-0.2, 0) is 16.0 Å². The number of carbonyl (C=O) groups is 2. The van der Waals surface area contributed by atoms with Crippen molar-refractivity contribution in [2.75, 3.05) is 44.7 Å². The summed E-state index contributed by atoms with van der Waals surface area (Å²) in [5.74, 6) is -0.138. The van der Waals surface area contributed by atoms with Crippen LogP contribution in [0.25, 0.3) is 0 Å². The smallest absolute Gasteiger partial charge is 0.415 e. The van der Waals surface area contributed by atoms with Crippen LogP contribution < -0.4 is 4.90 Å². The highest BCUT2D eigenvalue weighted by Crippen LogP contribution is 2.41. The van der Waals surface area contributed by atoms with Gasteiger partial charge in [0, 0.05) is 18.7 Å². The van der Waals surface area contributed by atoms with E-state index < -0.39 is 11.0 Å². The van der Waals surface area contributed by atoms with Crippen LogP contribution in [0.3, 0.4) is 0 Å². The SMILES string of the molecule is CN1CCC(Cc2ccc(F)cc2)(C(=O)N2CCC3(C2)CN(c2ccccc2)C(=O)O3)CC1. The van der Waals surface area contributed by atoms with E-state index in [4.69, 9.17) is 4.74 Å².